The summed E-state index contributed by atoms with van der Waals surface area (Å²) >= 11 is 3.69. The quantitative estimate of drug-likeness (QED) is 0.600. The number of nitrogens with zero attached hydrogens (tertiary/aromatic N) is 1. The summed E-state index contributed by atoms with van der Waals surface area (Å²) < 4.78 is 1.89. The molecule has 1 aromatic heterocycles. The Morgan fingerprint density at radius 1 is 1.54 bits per heavy atom. The van der Waals surface area contributed by atoms with Gasteiger partial charge in [0.1, 0.15) is 6.07 Å². The molecule has 2 rings (SSSR count). The number of fused-ring (bicyclic) bond motifs is 1. The molecule has 4 heteroatoms. The van der Waals surface area contributed by atoms with Crippen molar-refractivity contribution < 1.29 is 0 Å². The third-order valence-electron chi connectivity index (χ3n) is 1.82. The molecule has 1 aromatic carbocycles. The zero-order valence-electron chi connectivity index (χ0n) is 6.54. The molecule has 0 bridgehead atoms. The Bertz CT molecular complexity index is 510. The number of nitriles is 1. The lowest BCUT2D eigenvalue weighted by molar-refractivity contribution is 1.50. The van der Waals surface area contributed by atoms with Crippen LogP contribution in [0.25, 0.3) is 10.1 Å². The summed E-state index contributed by atoms with van der Waals surface area (Å²) in [5.41, 5.74) is 7.15. The van der Waals surface area contributed by atoms with Crippen molar-refractivity contribution in [2.24, 2.45) is 0 Å². The van der Waals surface area contributed by atoms with Gasteiger partial charge in [-0.25, -0.2) is 0 Å². The maximum atomic E-state index is 8.96. The van der Waals surface area contributed by atoms with Crippen molar-refractivity contribution in [3.63, 3.8) is 0 Å². The number of anilines is 1. The molecule has 13 heavy (non-hydrogen) atoms. The van der Waals surface area contributed by atoms with Gasteiger partial charge < -0.3 is 5.73 Å². The smallest absolute Gasteiger partial charge is 0.102 e. The van der Waals surface area contributed by atoms with Gasteiger partial charge in [-0.1, -0.05) is 0 Å². The van der Waals surface area contributed by atoms with Gasteiger partial charge in [0.15, 0.2) is 0 Å². The second kappa shape index (κ2) is 3.16. The number of nitrogens with two attached hydrogens (primary N) is 1. The summed E-state index contributed by atoms with van der Waals surface area (Å²) in [5, 5.41) is 12.0. The van der Waals surface area contributed by atoms with Crippen LogP contribution in [0.1, 0.15) is 5.56 Å². The first-order valence-corrected chi connectivity index (χ1v) is 5.55. The van der Waals surface area contributed by atoms with Crippen molar-refractivity contribution in [3.8, 4) is 6.07 Å². The second-order valence-corrected chi connectivity index (χ2v) is 4.60. The van der Waals surface area contributed by atoms with Crippen LogP contribution in [0.4, 0.5) is 5.69 Å². The molecular formula is C9H5IN2S. The van der Waals surface area contributed by atoms with E-state index in [1.165, 1.54) is 0 Å². The van der Waals surface area contributed by atoms with Crippen molar-refractivity contribution in [1.29, 1.82) is 5.26 Å². The van der Waals surface area contributed by atoms with E-state index in [4.69, 9.17) is 11.0 Å². The third kappa shape index (κ3) is 1.28. The predicted octanol–water partition coefficient (Wildman–Crippen LogP) is 2.96. The molecule has 0 amide bonds. The molecule has 0 unspecified atom stereocenters. The molecule has 0 aliphatic carbocycles. The first-order chi connectivity index (χ1) is 6.24. The summed E-state index contributed by atoms with van der Waals surface area (Å²) in [4.78, 5) is 0. The fraction of sp³-hybridized carbons (Fsp3) is 0. The normalized spacial score (nSPS) is 10.2. The van der Waals surface area contributed by atoms with E-state index < -0.39 is 0 Å². The Morgan fingerprint density at radius 2 is 2.31 bits per heavy atom. The lowest BCUT2D eigenvalue weighted by Crippen LogP contribution is -1.92. The molecule has 2 aromatic rings. The molecule has 0 aliphatic heterocycles. The summed E-state index contributed by atoms with van der Waals surface area (Å²) in [6.45, 7) is 0. The lowest BCUT2D eigenvalue weighted by Gasteiger charge is -2.01. The first-order valence-electron chi connectivity index (χ1n) is 3.59. The van der Waals surface area contributed by atoms with Gasteiger partial charge in [0.05, 0.1) is 13.8 Å². The van der Waals surface area contributed by atoms with Gasteiger partial charge in [-0.15, -0.1) is 11.3 Å². The molecule has 0 aliphatic rings. The van der Waals surface area contributed by atoms with Crippen molar-refractivity contribution in [3.05, 3.63) is 26.6 Å². The van der Waals surface area contributed by atoms with Gasteiger partial charge in [0.2, 0.25) is 0 Å². The molecule has 0 saturated heterocycles. The lowest BCUT2D eigenvalue weighted by atomic mass is 10.1. The van der Waals surface area contributed by atoms with Crippen molar-refractivity contribution in [1.82, 2.24) is 0 Å². The average Bonchev–Trinajstić information content (AvgIpc) is 2.54. The van der Waals surface area contributed by atoms with Crippen molar-refractivity contribution >= 4 is 49.7 Å². The monoisotopic (exact) mass is 300 g/mol. The molecular weight excluding hydrogens is 295 g/mol. The summed E-state index contributed by atoms with van der Waals surface area (Å²) in [7, 11) is 0. The summed E-state index contributed by atoms with van der Waals surface area (Å²) in [6, 6.07) is 6.08. The minimum Gasteiger partial charge on any atom is -0.398 e. The molecule has 1 heterocycles. The molecule has 0 fully saturated rings. The molecule has 0 saturated carbocycles. The Hall–Kier alpha value is -0.800. The number of hydrogen-bond donors (Lipinski definition) is 1. The first kappa shape index (κ1) is 8.78. The van der Waals surface area contributed by atoms with E-state index in [2.05, 4.69) is 28.7 Å². The van der Waals surface area contributed by atoms with Gasteiger partial charge >= 0.3 is 0 Å². The molecule has 0 spiro atoms. The van der Waals surface area contributed by atoms with Crippen molar-refractivity contribution in [2.75, 3.05) is 5.73 Å². The van der Waals surface area contributed by atoms with Crippen LogP contribution in [0.2, 0.25) is 0 Å². The number of rotatable bonds is 0. The van der Waals surface area contributed by atoms with E-state index in [1.54, 1.807) is 11.3 Å². The molecule has 2 N–H and O–H groups in total. The highest BCUT2D eigenvalue weighted by Gasteiger charge is 2.09. The Kier molecular flexibility index (Phi) is 2.14. The maximum absolute atomic E-state index is 8.96. The SMILES string of the molecule is N#Cc1c(I)c(N)cc2ccsc12. The van der Waals surface area contributed by atoms with E-state index in [9.17, 15) is 0 Å². The number of nitrogen functional groups attached to an aromatic ring is 1. The van der Waals surface area contributed by atoms with Crippen LogP contribution in [0, 0.1) is 14.9 Å². The van der Waals surface area contributed by atoms with Gasteiger partial charge in [0, 0.05) is 5.69 Å². The Morgan fingerprint density at radius 3 is 3.00 bits per heavy atom. The van der Waals surface area contributed by atoms with E-state index in [1.807, 2.05) is 17.5 Å². The van der Waals surface area contributed by atoms with Crippen LogP contribution in [-0.2, 0) is 0 Å². The van der Waals surface area contributed by atoms with E-state index in [-0.39, 0.29) is 0 Å². The highest BCUT2D eigenvalue weighted by atomic mass is 127. The van der Waals surface area contributed by atoms with Crippen LogP contribution in [0.5, 0.6) is 0 Å². The summed E-state index contributed by atoms with van der Waals surface area (Å²) in [5.74, 6) is 0. The number of halogens is 1. The molecule has 2 nitrogen and oxygen atoms in total. The fourth-order valence-electron chi connectivity index (χ4n) is 1.21. The number of benzene rings is 1. The maximum Gasteiger partial charge on any atom is 0.102 e. The zero-order chi connectivity index (χ0) is 9.42. The van der Waals surface area contributed by atoms with Gasteiger partial charge in [0.25, 0.3) is 0 Å². The Balaban J connectivity index is 2.98. The van der Waals surface area contributed by atoms with E-state index in [0.29, 0.717) is 11.3 Å². The van der Waals surface area contributed by atoms with Crippen molar-refractivity contribution in [2.45, 2.75) is 0 Å². The highest BCUT2D eigenvalue weighted by molar-refractivity contribution is 14.1. The number of thiophene rings is 1. The van der Waals surface area contributed by atoms with E-state index >= 15 is 0 Å². The molecule has 64 valence electrons. The minimum absolute atomic E-state index is 0.683. The van der Waals surface area contributed by atoms with Crippen LogP contribution < -0.4 is 5.73 Å². The number of hydrogen-bond acceptors (Lipinski definition) is 3. The largest absolute Gasteiger partial charge is 0.398 e. The molecule has 0 radical (unpaired) electrons. The molecule has 0 atom stereocenters. The van der Waals surface area contributed by atoms with Gasteiger partial charge in [-0.3, -0.25) is 0 Å². The van der Waals surface area contributed by atoms with Crippen LogP contribution in [0.3, 0.4) is 0 Å². The van der Waals surface area contributed by atoms with E-state index in [0.717, 1.165) is 13.7 Å². The topological polar surface area (TPSA) is 49.8 Å². The zero-order valence-corrected chi connectivity index (χ0v) is 9.52. The van der Waals surface area contributed by atoms with Crippen LogP contribution in [-0.4, -0.2) is 0 Å². The summed E-state index contributed by atoms with van der Waals surface area (Å²) in [6.07, 6.45) is 0. The average molecular weight is 300 g/mol. The minimum atomic E-state index is 0.683. The predicted molar refractivity (Wildman–Crippen MR) is 63.7 cm³/mol. The second-order valence-electron chi connectivity index (χ2n) is 2.61. The van der Waals surface area contributed by atoms with Crippen LogP contribution >= 0.6 is 33.9 Å². The van der Waals surface area contributed by atoms with Crippen LogP contribution in [0.15, 0.2) is 17.5 Å². The van der Waals surface area contributed by atoms with Gasteiger partial charge in [-0.2, -0.15) is 5.26 Å². The fourth-order valence-corrected chi connectivity index (χ4v) is 2.82. The van der Waals surface area contributed by atoms with Gasteiger partial charge in [-0.05, 0) is 45.5 Å². The third-order valence-corrected chi connectivity index (χ3v) is 3.93. The standard InChI is InChI=1S/C9H5IN2S/c10-8-6(4-11)9-5(1-2-13-9)3-7(8)12/h1-3H,12H2. The highest BCUT2D eigenvalue weighted by Crippen LogP contribution is 2.31. The Labute approximate surface area is 93.1 Å².